The van der Waals surface area contributed by atoms with Crippen LogP contribution in [0.4, 0.5) is 0 Å². The van der Waals surface area contributed by atoms with Gasteiger partial charge in [0.05, 0.1) is 0 Å². The molecule has 2 aromatic carbocycles. The van der Waals surface area contributed by atoms with E-state index in [1.165, 1.54) is 0 Å². The van der Waals surface area contributed by atoms with Gasteiger partial charge >= 0.3 is 0 Å². The van der Waals surface area contributed by atoms with Crippen molar-refractivity contribution >= 4 is 61.7 Å². The number of hydrogen-bond acceptors (Lipinski definition) is 1. The third kappa shape index (κ3) is 4.08. The van der Waals surface area contributed by atoms with Crippen molar-refractivity contribution in [1.29, 1.82) is 0 Å². The lowest BCUT2D eigenvalue weighted by atomic mass is 10.00. The van der Waals surface area contributed by atoms with Crippen LogP contribution >= 0.6 is 61.7 Å². The van der Waals surface area contributed by atoms with E-state index in [4.69, 9.17) is 28.9 Å². The highest BCUT2D eigenvalue weighted by molar-refractivity contribution is 14.1. The highest BCUT2D eigenvalue weighted by Gasteiger charge is 2.13. The van der Waals surface area contributed by atoms with Gasteiger partial charge in [-0.3, -0.25) is 0 Å². The van der Waals surface area contributed by atoms with E-state index in [-0.39, 0.29) is 6.04 Å². The second-order valence-corrected chi connectivity index (χ2v) is 7.16. The van der Waals surface area contributed by atoms with Gasteiger partial charge < -0.3 is 5.73 Å². The van der Waals surface area contributed by atoms with E-state index in [2.05, 4.69) is 44.6 Å². The monoisotopic (exact) mass is 469 g/mol. The summed E-state index contributed by atoms with van der Waals surface area (Å²) in [6.07, 6.45) is 0.651. The minimum atomic E-state index is -0.125. The van der Waals surface area contributed by atoms with E-state index in [9.17, 15) is 0 Å². The highest BCUT2D eigenvalue weighted by Crippen LogP contribution is 2.29. The molecule has 0 bridgehead atoms. The Morgan fingerprint density at radius 2 is 1.89 bits per heavy atom. The molecule has 2 rings (SSSR count). The van der Waals surface area contributed by atoms with Crippen molar-refractivity contribution in [3.05, 3.63) is 65.6 Å². The summed E-state index contributed by atoms with van der Waals surface area (Å²) >= 11 is 18.0. The standard InChI is InChI=1S/C14H11BrCl2IN/c15-12-3-2-10(18)7-11(12)14(19)6-8-5-9(16)1-4-13(8)17/h1-5,7,14H,6,19H2. The quantitative estimate of drug-likeness (QED) is 0.580. The first-order valence-corrected chi connectivity index (χ1v) is 8.24. The van der Waals surface area contributed by atoms with Crippen LogP contribution in [-0.4, -0.2) is 0 Å². The Bertz CT molecular complexity index is 604. The summed E-state index contributed by atoms with van der Waals surface area (Å²) in [4.78, 5) is 0. The Morgan fingerprint density at radius 3 is 2.63 bits per heavy atom. The molecule has 0 aliphatic rings. The minimum Gasteiger partial charge on any atom is -0.324 e. The van der Waals surface area contributed by atoms with Gasteiger partial charge in [0.2, 0.25) is 0 Å². The molecule has 0 aromatic heterocycles. The Hall–Kier alpha value is 0.190. The molecule has 0 spiro atoms. The first kappa shape index (κ1) is 15.6. The van der Waals surface area contributed by atoms with Crippen LogP contribution < -0.4 is 5.73 Å². The Morgan fingerprint density at radius 1 is 1.16 bits per heavy atom. The molecule has 0 aliphatic heterocycles. The molecule has 5 heteroatoms. The van der Waals surface area contributed by atoms with Crippen molar-refractivity contribution in [1.82, 2.24) is 0 Å². The van der Waals surface area contributed by atoms with Gasteiger partial charge in [-0.15, -0.1) is 0 Å². The van der Waals surface area contributed by atoms with Crippen molar-refractivity contribution < 1.29 is 0 Å². The van der Waals surface area contributed by atoms with Crippen molar-refractivity contribution in [2.75, 3.05) is 0 Å². The maximum Gasteiger partial charge on any atom is 0.0439 e. The lowest BCUT2D eigenvalue weighted by Gasteiger charge is -2.15. The third-order valence-corrected chi connectivity index (χ3v) is 4.80. The average Bonchev–Trinajstić information content (AvgIpc) is 2.36. The van der Waals surface area contributed by atoms with Gasteiger partial charge in [0.15, 0.2) is 0 Å². The van der Waals surface area contributed by atoms with Gasteiger partial charge in [0, 0.05) is 24.1 Å². The van der Waals surface area contributed by atoms with Crippen molar-refractivity contribution in [2.24, 2.45) is 5.73 Å². The molecule has 19 heavy (non-hydrogen) atoms. The largest absolute Gasteiger partial charge is 0.324 e. The summed E-state index contributed by atoms with van der Waals surface area (Å²) < 4.78 is 2.17. The van der Waals surface area contributed by atoms with Gasteiger partial charge in [-0.25, -0.2) is 0 Å². The molecule has 0 amide bonds. The Labute approximate surface area is 144 Å². The second kappa shape index (κ2) is 6.76. The van der Waals surface area contributed by atoms with Gasteiger partial charge in [0.1, 0.15) is 0 Å². The molecule has 1 atom stereocenters. The molecule has 1 unspecified atom stereocenters. The van der Waals surface area contributed by atoms with Crippen LogP contribution in [0, 0.1) is 3.57 Å². The summed E-state index contributed by atoms with van der Waals surface area (Å²) in [5.41, 5.74) is 8.32. The zero-order valence-corrected chi connectivity index (χ0v) is 15.1. The van der Waals surface area contributed by atoms with Crippen LogP contribution in [-0.2, 0) is 6.42 Å². The molecule has 2 N–H and O–H groups in total. The number of hydrogen-bond donors (Lipinski definition) is 1. The molecule has 0 heterocycles. The molecule has 0 saturated heterocycles. The Balaban J connectivity index is 2.27. The third-order valence-electron chi connectivity index (χ3n) is 2.81. The van der Waals surface area contributed by atoms with E-state index >= 15 is 0 Å². The van der Waals surface area contributed by atoms with Crippen molar-refractivity contribution in [3.8, 4) is 0 Å². The Kier molecular flexibility index (Phi) is 5.55. The smallest absolute Gasteiger partial charge is 0.0439 e. The molecule has 100 valence electrons. The summed E-state index contributed by atoms with van der Waals surface area (Å²) in [5.74, 6) is 0. The van der Waals surface area contributed by atoms with E-state index in [1.54, 1.807) is 12.1 Å². The number of halogens is 4. The van der Waals surface area contributed by atoms with Gasteiger partial charge in [0.25, 0.3) is 0 Å². The van der Waals surface area contributed by atoms with Crippen molar-refractivity contribution in [2.45, 2.75) is 12.5 Å². The van der Waals surface area contributed by atoms with Gasteiger partial charge in [-0.05, 0) is 76.5 Å². The second-order valence-electron chi connectivity index (χ2n) is 4.21. The molecule has 0 fully saturated rings. The van der Waals surface area contributed by atoms with Crippen LogP contribution in [0.1, 0.15) is 17.2 Å². The first-order valence-electron chi connectivity index (χ1n) is 5.62. The normalized spacial score (nSPS) is 12.5. The summed E-state index contributed by atoms with van der Waals surface area (Å²) in [6.45, 7) is 0. The van der Waals surface area contributed by atoms with Gasteiger partial charge in [-0.2, -0.15) is 0 Å². The minimum absolute atomic E-state index is 0.125. The summed E-state index contributed by atoms with van der Waals surface area (Å²) in [5, 5.41) is 1.37. The lowest BCUT2D eigenvalue weighted by molar-refractivity contribution is 0.718. The number of rotatable bonds is 3. The molecular formula is C14H11BrCl2IN. The maximum absolute atomic E-state index is 6.28. The van der Waals surface area contributed by atoms with Crippen LogP contribution in [0.25, 0.3) is 0 Å². The predicted octanol–water partition coefficient (Wildman–Crippen LogP) is 5.60. The molecule has 2 aromatic rings. The molecule has 0 aliphatic carbocycles. The fourth-order valence-corrected chi connectivity index (χ4v) is 3.29. The lowest BCUT2D eigenvalue weighted by Crippen LogP contribution is -2.14. The maximum atomic E-state index is 6.28. The zero-order valence-electron chi connectivity index (χ0n) is 9.84. The summed E-state index contributed by atoms with van der Waals surface area (Å²) in [6, 6.07) is 11.4. The van der Waals surface area contributed by atoms with E-state index in [0.717, 1.165) is 19.2 Å². The van der Waals surface area contributed by atoms with Crippen LogP contribution in [0.2, 0.25) is 10.0 Å². The number of nitrogens with two attached hydrogens (primary N) is 1. The fraction of sp³-hybridized carbons (Fsp3) is 0.143. The predicted molar refractivity (Wildman–Crippen MR) is 94.0 cm³/mol. The van der Waals surface area contributed by atoms with E-state index < -0.39 is 0 Å². The number of benzene rings is 2. The van der Waals surface area contributed by atoms with Crippen molar-refractivity contribution in [3.63, 3.8) is 0 Å². The average molecular weight is 471 g/mol. The molecule has 1 nitrogen and oxygen atoms in total. The highest BCUT2D eigenvalue weighted by atomic mass is 127. The fourth-order valence-electron chi connectivity index (χ4n) is 1.85. The topological polar surface area (TPSA) is 26.0 Å². The van der Waals surface area contributed by atoms with E-state index in [1.807, 2.05) is 18.2 Å². The van der Waals surface area contributed by atoms with E-state index in [0.29, 0.717) is 16.5 Å². The molecular weight excluding hydrogens is 460 g/mol. The SMILES string of the molecule is NC(Cc1cc(Cl)ccc1Cl)c1cc(I)ccc1Br. The molecule has 0 radical (unpaired) electrons. The molecule has 0 saturated carbocycles. The van der Waals surface area contributed by atoms with Gasteiger partial charge in [-0.1, -0.05) is 39.1 Å². The van der Waals surface area contributed by atoms with Crippen LogP contribution in [0.5, 0.6) is 0 Å². The van der Waals surface area contributed by atoms with Crippen LogP contribution in [0.3, 0.4) is 0 Å². The first-order chi connectivity index (χ1) is 8.97. The van der Waals surface area contributed by atoms with Crippen LogP contribution in [0.15, 0.2) is 40.9 Å². The zero-order chi connectivity index (χ0) is 14.0. The summed E-state index contributed by atoms with van der Waals surface area (Å²) in [7, 11) is 0.